The van der Waals surface area contributed by atoms with Gasteiger partial charge in [-0.15, -0.1) is 0 Å². The van der Waals surface area contributed by atoms with Gasteiger partial charge >= 0.3 is 0 Å². The maximum Gasteiger partial charge on any atom is 0.148 e. The molecule has 6 nitrogen and oxygen atoms in total. The first kappa shape index (κ1) is 22.0. The number of nitriles is 2. The molecule has 148 valence electrons. The van der Waals surface area contributed by atoms with Crippen molar-refractivity contribution < 1.29 is 9.53 Å². The number of thioether (sulfide) groups is 1. The molecule has 0 fully saturated rings. The van der Waals surface area contributed by atoms with Crippen LogP contribution in [0.4, 0.5) is 5.82 Å². The Hall–Kier alpha value is -3.29. The van der Waals surface area contributed by atoms with Gasteiger partial charge in [0.2, 0.25) is 0 Å². The van der Waals surface area contributed by atoms with E-state index in [1.165, 1.54) is 0 Å². The van der Waals surface area contributed by atoms with Gasteiger partial charge in [-0.3, -0.25) is 4.79 Å². The number of Topliss-reactive ketones (excluding diaryl/α,β-unsaturated/α-hetero) is 1. The Balaban J connectivity index is 2.52. The first-order chi connectivity index (χ1) is 13.7. The lowest BCUT2D eigenvalue weighted by molar-refractivity contribution is -0.123. The van der Waals surface area contributed by atoms with E-state index in [9.17, 15) is 15.3 Å². The van der Waals surface area contributed by atoms with Gasteiger partial charge in [-0.05, 0) is 17.7 Å². The Kier molecular flexibility index (Phi) is 7.03. The van der Waals surface area contributed by atoms with Crippen LogP contribution < -0.4 is 10.5 Å². The van der Waals surface area contributed by atoms with Crippen LogP contribution >= 0.6 is 11.8 Å². The maximum absolute atomic E-state index is 12.3. The number of benzene rings is 1. The van der Waals surface area contributed by atoms with Crippen LogP contribution in [-0.2, 0) is 4.79 Å². The number of nitrogen functional groups attached to an aromatic ring is 1. The number of aromatic nitrogens is 1. The minimum absolute atomic E-state index is 0.0270. The number of hydrogen-bond donors (Lipinski definition) is 1. The van der Waals surface area contributed by atoms with Crippen molar-refractivity contribution in [3.8, 4) is 29.0 Å². The second kappa shape index (κ2) is 9.27. The number of ether oxygens (including phenoxy) is 1. The highest BCUT2D eigenvalue weighted by atomic mass is 32.2. The smallest absolute Gasteiger partial charge is 0.148 e. The fourth-order valence-electron chi connectivity index (χ4n) is 2.41. The second-order valence-electron chi connectivity index (χ2n) is 7.24. The molecule has 7 heteroatoms. The van der Waals surface area contributed by atoms with E-state index in [1.807, 2.05) is 26.8 Å². The topological polar surface area (TPSA) is 113 Å². The van der Waals surface area contributed by atoms with Crippen molar-refractivity contribution in [2.75, 3.05) is 18.1 Å². The van der Waals surface area contributed by atoms with Crippen LogP contribution in [0.15, 0.2) is 41.9 Å². The number of nitrogens with two attached hydrogens (primary N) is 1. The minimum Gasteiger partial charge on any atom is -0.490 e. The van der Waals surface area contributed by atoms with Crippen LogP contribution in [0.1, 0.15) is 31.9 Å². The van der Waals surface area contributed by atoms with Gasteiger partial charge < -0.3 is 10.5 Å². The molecule has 1 heterocycles. The summed E-state index contributed by atoms with van der Waals surface area (Å²) >= 11 is 1.15. The summed E-state index contributed by atoms with van der Waals surface area (Å²) in [5, 5.41) is 19.7. The zero-order valence-corrected chi connectivity index (χ0v) is 17.5. The molecule has 0 spiro atoms. The van der Waals surface area contributed by atoms with Gasteiger partial charge in [-0.2, -0.15) is 10.5 Å². The maximum atomic E-state index is 12.3. The van der Waals surface area contributed by atoms with E-state index in [4.69, 9.17) is 10.5 Å². The molecular weight excluding hydrogens is 384 g/mol. The molecule has 1 aromatic heterocycles. The van der Waals surface area contributed by atoms with E-state index in [1.54, 1.807) is 30.3 Å². The zero-order chi connectivity index (χ0) is 21.6. The van der Waals surface area contributed by atoms with Crippen LogP contribution in [0, 0.1) is 28.1 Å². The Bertz CT molecular complexity index is 1010. The molecule has 0 aliphatic carbocycles. The van der Waals surface area contributed by atoms with Crippen molar-refractivity contribution in [1.82, 2.24) is 4.98 Å². The van der Waals surface area contributed by atoms with Crippen LogP contribution in [0.5, 0.6) is 5.75 Å². The third-order valence-corrected chi connectivity index (χ3v) is 5.08. The molecule has 2 N–H and O–H groups in total. The van der Waals surface area contributed by atoms with Crippen molar-refractivity contribution in [2.24, 2.45) is 5.41 Å². The van der Waals surface area contributed by atoms with Crippen LogP contribution in [0.2, 0.25) is 0 Å². The molecule has 0 bridgehead atoms. The average molecular weight is 407 g/mol. The third-order valence-electron chi connectivity index (χ3n) is 4.10. The van der Waals surface area contributed by atoms with E-state index in [0.29, 0.717) is 28.5 Å². The molecule has 1 aromatic carbocycles. The highest BCUT2D eigenvalue weighted by Crippen LogP contribution is 2.36. The molecule has 0 saturated heterocycles. The third kappa shape index (κ3) is 5.16. The molecule has 0 radical (unpaired) electrons. The van der Waals surface area contributed by atoms with Gasteiger partial charge in [0.05, 0.1) is 11.3 Å². The quantitative estimate of drug-likeness (QED) is 0.537. The largest absolute Gasteiger partial charge is 0.490 e. The molecular formula is C22H22N4O2S. The molecule has 0 aliphatic rings. The predicted molar refractivity (Wildman–Crippen MR) is 114 cm³/mol. The minimum atomic E-state index is -0.498. The predicted octanol–water partition coefficient (Wildman–Crippen LogP) is 4.35. The Labute approximate surface area is 175 Å². The lowest BCUT2D eigenvalue weighted by atomic mass is 9.92. The molecule has 0 unspecified atom stereocenters. The summed E-state index contributed by atoms with van der Waals surface area (Å²) in [7, 11) is 0. The van der Waals surface area contributed by atoms with Crippen molar-refractivity contribution in [3.05, 3.63) is 48.0 Å². The highest BCUT2D eigenvalue weighted by Gasteiger charge is 2.24. The first-order valence-electron chi connectivity index (χ1n) is 8.86. The Morgan fingerprint density at radius 1 is 1.24 bits per heavy atom. The number of hydrogen-bond acceptors (Lipinski definition) is 7. The van der Waals surface area contributed by atoms with Crippen molar-refractivity contribution in [1.29, 1.82) is 10.5 Å². The average Bonchev–Trinajstić information content (AvgIpc) is 2.69. The summed E-state index contributed by atoms with van der Waals surface area (Å²) < 4.78 is 5.48. The standard InChI is InChI=1S/C22H22N4O2S/c1-5-10-28-15-8-6-14(7-9-15)19-16(11-23)20(25)26-21(17(19)12-24)29-13-18(27)22(2,3)4/h5-9H,1,10,13H2,2-4H3,(H2,25,26). The second-order valence-corrected chi connectivity index (χ2v) is 8.20. The van der Waals surface area contributed by atoms with Crippen molar-refractivity contribution in [2.45, 2.75) is 25.8 Å². The van der Waals surface area contributed by atoms with Gasteiger partial charge in [-0.25, -0.2) is 4.98 Å². The molecule has 0 amide bonds. The van der Waals surface area contributed by atoms with Gasteiger partial charge in [0.15, 0.2) is 0 Å². The van der Waals surface area contributed by atoms with Crippen LogP contribution in [0.25, 0.3) is 11.1 Å². The SMILES string of the molecule is C=CCOc1ccc(-c2c(C#N)c(N)nc(SCC(=O)C(C)(C)C)c2C#N)cc1. The summed E-state index contributed by atoms with van der Waals surface area (Å²) in [6.07, 6.45) is 1.64. The molecule has 2 aromatic rings. The van der Waals surface area contributed by atoms with Gasteiger partial charge in [0.25, 0.3) is 0 Å². The number of pyridine rings is 1. The number of nitrogens with zero attached hydrogens (tertiary/aromatic N) is 3. The van der Waals surface area contributed by atoms with Crippen molar-refractivity contribution >= 4 is 23.4 Å². The fraction of sp³-hybridized carbons (Fsp3) is 0.273. The molecule has 0 saturated carbocycles. The zero-order valence-electron chi connectivity index (χ0n) is 16.7. The summed E-state index contributed by atoms with van der Waals surface area (Å²) in [4.78, 5) is 16.5. The van der Waals surface area contributed by atoms with E-state index >= 15 is 0 Å². The Morgan fingerprint density at radius 3 is 2.38 bits per heavy atom. The summed E-state index contributed by atoms with van der Waals surface area (Å²) in [6.45, 7) is 9.49. The number of carbonyl (C=O) groups is 1. The molecule has 0 atom stereocenters. The van der Waals surface area contributed by atoms with E-state index in [0.717, 1.165) is 11.8 Å². The van der Waals surface area contributed by atoms with Gasteiger partial charge in [0.1, 0.15) is 46.7 Å². The highest BCUT2D eigenvalue weighted by molar-refractivity contribution is 8.00. The van der Waals surface area contributed by atoms with Gasteiger partial charge in [0, 0.05) is 11.0 Å². The monoisotopic (exact) mass is 406 g/mol. The van der Waals surface area contributed by atoms with Gasteiger partial charge in [-0.1, -0.05) is 57.3 Å². The van der Waals surface area contributed by atoms with E-state index in [-0.39, 0.29) is 28.5 Å². The van der Waals surface area contributed by atoms with E-state index in [2.05, 4.69) is 17.6 Å². The molecule has 29 heavy (non-hydrogen) atoms. The fourth-order valence-corrected chi connectivity index (χ4v) is 3.57. The number of anilines is 1. The molecule has 0 aliphatic heterocycles. The normalized spacial score (nSPS) is 10.7. The number of carbonyl (C=O) groups excluding carboxylic acids is 1. The van der Waals surface area contributed by atoms with E-state index < -0.39 is 5.41 Å². The number of rotatable bonds is 7. The molecule has 2 rings (SSSR count). The lowest BCUT2D eigenvalue weighted by Gasteiger charge is -2.17. The summed E-state index contributed by atoms with van der Waals surface area (Å²) in [6, 6.07) is 11.2. The number of ketones is 1. The van der Waals surface area contributed by atoms with Crippen LogP contribution in [0.3, 0.4) is 0 Å². The summed E-state index contributed by atoms with van der Waals surface area (Å²) in [5.41, 5.74) is 6.91. The lowest BCUT2D eigenvalue weighted by Crippen LogP contribution is -2.22. The Morgan fingerprint density at radius 2 is 1.86 bits per heavy atom. The van der Waals surface area contributed by atoms with Crippen molar-refractivity contribution in [3.63, 3.8) is 0 Å². The first-order valence-corrected chi connectivity index (χ1v) is 9.85. The summed E-state index contributed by atoms with van der Waals surface area (Å²) in [5.74, 6) is 0.850. The van der Waals surface area contributed by atoms with Crippen LogP contribution in [-0.4, -0.2) is 23.1 Å².